The maximum absolute atomic E-state index is 11.9. The van der Waals surface area contributed by atoms with E-state index < -0.39 is 23.7 Å². The molecular weight excluding hydrogens is 300 g/mol. The van der Waals surface area contributed by atoms with Gasteiger partial charge in [0.05, 0.1) is 13.3 Å². The van der Waals surface area contributed by atoms with Gasteiger partial charge in [-0.25, -0.2) is 14.6 Å². The monoisotopic (exact) mass is 320 g/mol. The summed E-state index contributed by atoms with van der Waals surface area (Å²) in [7, 11) is 1.27. The number of carbonyl (C=O) groups excluding carboxylic acids is 2. The normalized spacial score (nSPS) is 12.7. The Morgan fingerprint density at radius 3 is 2.74 bits per heavy atom. The van der Waals surface area contributed by atoms with Crippen LogP contribution in [0.3, 0.4) is 0 Å². The zero-order valence-electron chi connectivity index (χ0n) is 13.5. The van der Waals surface area contributed by atoms with Crippen molar-refractivity contribution in [2.45, 2.75) is 38.8 Å². The second-order valence-electron chi connectivity index (χ2n) is 6.08. The molecule has 0 saturated carbocycles. The van der Waals surface area contributed by atoms with E-state index in [4.69, 9.17) is 9.47 Å². The number of carbonyl (C=O) groups is 2. The number of esters is 1. The fraction of sp³-hybridized carbons (Fsp3) is 0.467. The Bertz CT molecular complexity index is 705. The number of ether oxygens (including phenoxy) is 2. The molecule has 0 aliphatic rings. The molecular formula is C15H20N4O4. The average Bonchev–Trinajstić information content (AvgIpc) is 2.91. The van der Waals surface area contributed by atoms with Gasteiger partial charge < -0.3 is 14.8 Å². The average molecular weight is 320 g/mol. The molecule has 124 valence electrons. The molecule has 2 aromatic rings. The predicted octanol–water partition coefficient (Wildman–Crippen LogP) is 1.57. The largest absolute Gasteiger partial charge is 0.467 e. The summed E-state index contributed by atoms with van der Waals surface area (Å²) in [5.41, 5.74) is 0.774. The van der Waals surface area contributed by atoms with Crippen LogP contribution in [0, 0.1) is 0 Å². The molecule has 8 heteroatoms. The Balaban J connectivity index is 2.11. The zero-order chi connectivity index (χ0) is 17.0. The lowest BCUT2D eigenvalue weighted by atomic mass is 10.1. The van der Waals surface area contributed by atoms with Crippen LogP contribution in [-0.2, 0) is 20.7 Å². The van der Waals surface area contributed by atoms with Crippen LogP contribution in [0.5, 0.6) is 0 Å². The van der Waals surface area contributed by atoms with E-state index in [0.29, 0.717) is 5.65 Å². The summed E-state index contributed by atoms with van der Waals surface area (Å²) in [5, 5.41) is 9.99. The first kappa shape index (κ1) is 16.7. The molecule has 2 heterocycles. The molecule has 23 heavy (non-hydrogen) atoms. The van der Waals surface area contributed by atoms with Gasteiger partial charge in [-0.1, -0.05) is 0 Å². The van der Waals surface area contributed by atoms with E-state index in [2.05, 4.69) is 20.5 Å². The maximum atomic E-state index is 11.9. The van der Waals surface area contributed by atoms with Gasteiger partial charge in [-0.15, -0.1) is 0 Å². The number of fused-ring (bicyclic) bond motifs is 1. The number of alkyl carbamates (subject to hydrolysis) is 1. The molecule has 2 aromatic heterocycles. The van der Waals surface area contributed by atoms with E-state index in [-0.39, 0.29) is 6.42 Å². The number of nitrogens with one attached hydrogen (secondary N) is 2. The Hall–Kier alpha value is -2.64. The van der Waals surface area contributed by atoms with Crippen LogP contribution in [-0.4, -0.2) is 46.0 Å². The van der Waals surface area contributed by atoms with Gasteiger partial charge in [0.1, 0.15) is 11.6 Å². The molecule has 0 aliphatic heterocycles. The van der Waals surface area contributed by atoms with Crippen molar-refractivity contribution in [2.24, 2.45) is 0 Å². The first-order valence-corrected chi connectivity index (χ1v) is 7.14. The van der Waals surface area contributed by atoms with Crippen molar-refractivity contribution in [3.63, 3.8) is 0 Å². The third-order valence-electron chi connectivity index (χ3n) is 2.96. The standard InChI is InChI=1S/C15H20N4O4/c1-15(2,3)23-14(21)18-11(13(20)22-4)6-9-5-10-8-17-19-12(10)16-7-9/h5,7-8,11H,6H2,1-4H3,(H,18,21)(H,16,17,19)/t11-/m0/s1. The number of aromatic nitrogens is 3. The highest BCUT2D eigenvalue weighted by molar-refractivity contribution is 5.82. The third-order valence-corrected chi connectivity index (χ3v) is 2.96. The van der Waals surface area contributed by atoms with Gasteiger partial charge in [0.2, 0.25) is 0 Å². The van der Waals surface area contributed by atoms with E-state index in [1.807, 2.05) is 6.07 Å². The fourth-order valence-corrected chi connectivity index (χ4v) is 2.01. The number of hydrogen-bond donors (Lipinski definition) is 2. The topological polar surface area (TPSA) is 106 Å². The van der Waals surface area contributed by atoms with Crippen LogP contribution >= 0.6 is 0 Å². The Kier molecular flexibility index (Phi) is 4.83. The molecule has 1 atom stereocenters. The molecule has 0 unspecified atom stereocenters. The lowest BCUT2D eigenvalue weighted by Crippen LogP contribution is -2.45. The smallest absolute Gasteiger partial charge is 0.408 e. The van der Waals surface area contributed by atoms with E-state index >= 15 is 0 Å². The quantitative estimate of drug-likeness (QED) is 0.828. The molecule has 0 bridgehead atoms. The van der Waals surface area contributed by atoms with Gasteiger partial charge in [0.15, 0.2) is 5.65 Å². The van der Waals surface area contributed by atoms with E-state index in [9.17, 15) is 9.59 Å². The molecule has 8 nitrogen and oxygen atoms in total. The molecule has 0 fully saturated rings. The van der Waals surface area contributed by atoms with Gasteiger partial charge in [0.25, 0.3) is 0 Å². The minimum atomic E-state index is -0.860. The van der Waals surface area contributed by atoms with E-state index in [1.165, 1.54) is 7.11 Å². The predicted molar refractivity (Wildman–Crippen MR) is 82.8 cm³/mol. The van der Waals surface area contributed by atoms with Gasteiger partial charge in [-0.05, 0) is 32.4 Å². The lowest BCUT2D eigenvalue weighted by molar-refractivity contribution is -0.143. The summed E-state index contributed by atoms with van der Waals surface area (Å²) in [5.74, 6) is -0.553. The van der Waals surface area contributed by atoms with Crippen molar-refractivity contribution in [3.05, 3.63) is 24.0 Å². The molecule has 2 rings (SSSR count). The van der Waals surface area contributed by atoms with Crippen LogP contribution in [0.2, 0.25) is 0 Å². The van der Waals surface area contributed by atoms with Crippen molar-refractivity contribution in [3.8, 4) is 0 Å². The molecule has 1 amide bonds. The summed E-state index contributed by atoms with van der Waals surface area (Å²) in [6.07, 6.45) is 2.82. The second-order valence-corrected chi connectivity index (χ2v) is 6.08. The van der Waals surface area contributed by atoms with Crippen molar-refractivity contribution in [2.75, 3.05) is 7.11 Å². The van der Waals surface area contributed by atoms with Crippen LogP contribution in [0.25, 0.3) is 11.0 Å². The second kappa shape index (κ2) is 6.64. The van der Waals surface area contributed by atoms with Crippen LogP contribution in [0.1, 0.15) is 26.3 Å². The summed E-state index contributed by atoms with van der Waals surface area (Å²) >= 11 is 0. The highest BCUT2D eigenvalue weighted by Gasteiger charge is 2.25. The van der Waals surface area contributed by atoms with Gasteiger partial charge in [0, 0.05) is 18.0 Å². The summed E-state index contributed by atoms with van der Waals surface area (Å²) in [4.78, 5) is 28.0. The fourth-order valence-electron chi connectivity index (χ4n) is 2.01. The van der Waals surface area contributed by atoms with Crippen LogP contribution in [0.15, 0.2) is 18.5 Å². The molecule has 0 spiro atoms. The van der Waals surface area contributed by atoms with E-state index in [1.54, 1.807) is 33.2 Å². The maximum Gasteiger partial charge on any atom is 0.408 e. The van der Waals surface area contributed by atoms with E-state index in [0.717, 1.165) is 10.9 Å². The van der Waals surface area contributed by atoms with Crippen LogP contribution in [0.4, 0.5) is 4.79 Å². The van der Waals surface area contributed by atoms with Gasteiger partial charge >= 0.3 is 12.1 Å². The molecule has 0 aliphatic carbocycles. The van der Waals surface area contributed by atoms with Crippen LogP contribution < -0.4 is 5.32 Å². The number of hydrogen-bond acceptors (Lipinski definition) is 6. The summed E-state index contributed by atoms with van der Waals surface area (Å²) < 4.78 is 9.91. The van der Waals surface area contributed by atoms with Gasteiger partial charge in [-0.2, -0.15) is 5.10 Å². The number of rotatable bonds is 4. The first-order chi connectivity index (χ1) is 10.8. The minimum Gasteiger partial charge on any atom is -0.467 e. The number of nitrogens with zero attached hydrogens (tertiary/aromatic N) is 2. The number of pyridine rings is 1. The lowest BCUT2D eigenvalue weighted by Gasteiger charge is -2.22. The summed E-state index contributed by atoms with van der Waals surface area (Å²) in [6, 6.07) is 0.986. The highest BCUT2D eigenvalue weighted by Crippen LogP contribution is 2.13. The van der Waals surface area contributed by atoms with Crippen molar-refractivity contribution >= 4 is 23.1 Å². The molecule has 0 aromatic carbocycles. The van der Waals surface area contributed by atoms with Crippen molar-refractivity contribution < 1.29 is 19.1 Å². The molecule has 0 saturated heterocycles. The number of amides is 1. The number of methoxy groups -OCH3 is 1. The Morgan fingerprint density at radius 1 is 1.35 bits per heavy atom. The number of H-pyrrole nitrogens is 1. The summed E-state index contributed by atoms with van der Waals surface area (Å²) in [6.45, 7) is 5.24. The molecule has 2 N–H and O–H groups in total. The van der Waals surface area contributed by atoms with Gasteiger partial charge in [-0.3, -0.25) is 5.10 Å². The zero-order valence-corrected chi connectivity index (χ0v) is 13.5. The highest BCUT2D eigenvalue weighted by atomic mass is 16.6. The first-order valence-electron chi connectivity index (χ1n) is 7.14. The Morgan fingerprint density at radius 2 is 2.09 bits per heavy atom. The molecule has 0 radical (unpaired) electrons. The van der Waals surface area contributed by atoms with Crippen molar-refractivity contribution in [1.29, 1.82) is 0 Å². The number of aromatic amines is 1. The van der Waals surface area contributed by atoms with Crippen molar-refractivity contribution in [1.82, 2.24) is 20.5 Å². The SMILES string of the molecule is COC(=O)[C@H](Cc1cnc2[nH]ncc2c1)NC(=O)OC(C)(C)C. The third kappa shape index (κ3) is 4.67. The minimum absolute atomic E-state index is 0.236. The Labute approximate surface area is 133 Å².